The third kappa shape index (κ3) is 5.92. The quantitative estimate of drug-likeness (QED) is 0.356. The van der Waals surface area contributed by atoms with Crippen LogP contribution in [0.4, 0.5) is 15.8 Å². The summed E-state index contributed by atoms with van der Waals surface area (Å²) in [5.74, 6) is -0.907. The van der Waals surface area contributed by atoms with Gasteiger partial charge in [0.1, 0.15) is 5.52 Å². The van der Waals surface area contributed by atoms with Crippen LogP contribution in [0.15, 0.2) is 42.5 Å². The molecule has 184 valence electrons. The molecule has 1 aromatic heterocycles. The van der Waals surface area contributed by atoms with Gasteiger partial charge in [-0.3, -0.25) is 15.0 Å². The fourth-order valence-corrected chi connectivity index (χ4v) is 4.30. The van der Waals surface area contributed by atoms with Gasteiger partial charge in [-0.2, -0.15) is 5.10 Å². The molecule has 0 bridgehead atoms. The van der Waals surface area contributed by atoms with E-state index >= 15 is 0 Å². The van der Waals surface area contributed by atoms with E-state index in [1.807, 2.05) is 0 Å². The molecule has 3 aromatic rings. The van der Waals surface area contributed by atoms with E-state index in [1.165, 1.54) is 43.9 Å². The Morgan fingerprint density at radius 2 is 1.80 bits per heavy atom. The maximum Gasteiger partial charge on any atom is 0.251 e. The number of hydrogen-bond acceptors (Lipinski definition) is 6. The van der Waals surface area contributed by atoms with Crippen molar-refractivity contribution in [2.24, 2.45) is 0 Å². The number of hydrazine groups is 1. The SMILES string of the molecule is CC(=O)N(Nc1c(C)nnc2c(F)cccc12)c1ccc(C(=O)NCCCCN2CCCC2)cc1. The molecule has 1 saturated heterocycles. The number of nitrogens with zero attached hydrogens (tertiary/aromatic N) is 4. The summed E-state index contributed by atoms with van der Waals surface area (Å²) >= 11 is 0. The van der Waals surface area contributed by atoms with Crippen LogP contribution in [0.3, 0.4) is 0 Å². The van der Waals surface area contributed by atoms with Crippen LogP contribution in [0.5, 0.6) is 0 Å². The van der Waals surface area contributed by atoms with Gasteiger partial charge in [-0.05, 0) is 82.6 Å². The average molecular weight is 479 g/mol. The van der Waals surface area contributed by atoms with Gasteiger partial charge in [0, 0.05) is 24.4 Å². The second-order valence-electron chi connectivity index (χ2n) is 8.82. The van der Waals surface area contributed by atoms with Crippen molar-refractivity contribution in [1.29, 1.82) is 0 Å². The molecule has 0 atom stereocenters. The first-order valence-electron chi connectivity index (χ1n) is 12.0. The number of hydrogen-bond donors (Lipinski definition) is 2. The molecule has 1 aliphatic rings. The minimum absolute atomic E-state index is 0.122. The molecule has 35 heavy (non-hydrogen) atoms. The van der Waals surface area contributed by atoms with Gasteiger partial charge in [0.05, 0.1) is 17.1 Å². The molecular weight excluding hydrogens is 447 g/mol. The molecule has 2 aromatic carbocycles. The molecule has 8 nitrogen and oxygen atoms in total. The van der Waals surface area contributed by atoms with E-state index in [1.54, 1.807) is 43.3 Å². The van der Waals surface area contributed by atoms with Crippen LogP contribution in [0.1, 0.15) is 48.7 Å². The number of unbranched alkanes of at least 4 members (excludes halogenated alkanes) is 1. The van der Waals surface area contributed by atoms with Gasteiger partial charge in [-0.25, -0.2) is 9.40 Å². The van der Waals surface area contributed by atoms with Gasteiger partial charge in [0.15, 0.2) is 5.82 Å². The van der Waals surface area contributed by atoms with Crippen LogP contribution >= 0.6 is 0 Å². The van der Waals surface area contributed by atoms with Crippen molar-refractivity contribution in [2.75, 3.05) is 36.6 Å². The summed E-state index contributed by atoms with van der Waals surface area (Å²) in [7, 11) is 0. The van der Waals surface area contributed by atoms with Crippen molar-refractivity contribution in [3.05, 3.63) is 59.5 Å². The summed E-state index contributed by atoms with van der Waals surface area (Å²) in [5.41, 5.74) is 5.26. The highest BCUT2D eigenvalue weighted by molar-refractivity contribution is 5.99. The Hall–Kier alpha value is -3.59. The molecule has 0 spiro atoms. The number of nitrogens with one attached hydrogen (secondary N) is 2. The zero-order valence-corrected chi connectivity index (χ0v) is 20.2. The molecule has 0 saturated carbocycles. The number of carbonyl (C=O) groups is 2. The number of amides is 2. The summed E-state index contributed by atoms with van der Waals surface area (Å²) in [6, 6.07) is 11.4. The molecule has 0 unspecified atom stereocenters. The van der Waals surface area contributed by atoms with Crippen molar-refractivity contribution in [3.8, 4) is 0 Å². The third-order valence-electron chi connectivity index (χ3n) is 6.23. The number of anilines is 2. The van der Waals surface area contributed by atoms with Crippen molar-refractivity contribution >= 4 is 34.1 Å². The van der Waals surface area contributed by atoms with Gasteiger partial charge >= 0.3 is 0 Å². The maximum atomic E-state index is 14.2. The lowest BCUT2D eigenvalue weighted by Crippen LogP contribution is -2.35. The van der Waals surface area contributed by atoms with Crippen LogP contribution in [0.2, 0.25) is 0 Å². The van der Waals surface area contributed by atoms with Crippen LogP contribution in [0, 0.1) is 12.7 Å². The number of carbonyl (C=O) groups excluding carboxylic acids is 2. The van der Waals surface area contributed by atoms with Crippen LogP contribution in [0.25, 0.3) is 10.9 Å². The topological polar surface area (TPSA) is 90.5 Å². The Balaban J connectivity index is 1.40. The van der Waals surface area contributed by atoms with E-state index in [9.17, 15) is 14.0 Å². The van der Waals surface area contributed by atoms with Crippen molar-refractivity contribution in [2.45, 2.75) is 39.5 Å². The highest BCUT2D eigenvalue weighted by Gasteiger charge is 2.18. The minimum Gasteiger partial charge on any atom is -0.352 e. The molecule has 1 fully saturated rings. The molecule has 2 heterocycles. The first-order valence-corrected chi connectivity index (χ1v) is 12.0. The van der Waals surface area contributed by atoms with E-state index < -0.39 is 5.82 Å². The molecule has 2 amide bonds. The lowest BCUT2D eigenvalue weighted by atomic mass is 10.1. The van der Waals surface area contributed by atoms with Gasteiger partial charge < -0.3 is 10.2 Å². The summed E-state index contributed by atoms with van der Waals surface area (Å²) in [4.78, 5) is 27.4. The zero-order valence-electron chi connectivity index (χ0n) is 20.2. The van der Waals surface area contributed by atoms with E-state index in [0.29, 0.717) is 34.6 Å². The fraction of sp³-hybridized carbons (Fsp3) is 0.385. The summed E-state index contributed by atoms with van der Waals surface area (Å²) in [6.07, 6.45) is 4.59. The third-order valence-corrected chi connectivity index (χ3v) is 6.23. The zero-order chi connectivity index (χ0) is 24.8. The van der Waals surface area contributed by atoms with Crippen LogP contribution in [-0.4, -0.2) is 53.1 Å². The lowest BCUT2D eigenvalue weighted by molar-refractivity contribution is -0.116. The van der Waals surface area contributed by atoms with E-state index in [2.05, 4.69) is 25.8 Å². The highest BCUT2D eigenvalue weighted by atomic mass is 19.1. The molecule has 9 heteroatoms. The highest BCUT2D eigenvalue weighted by Crippen LogP contribution is 2.27. The first-order chi connectivity index (χ1) is 16.9. The molecular formula is C26H31FN6O2. The van der Waals surface area contributed by atoms with Crippen molar-refractivity contribution in [3.63, 3.8) is 0 Å². The number of fused-ring (bicyclic) bond motifs is 1. The van der Waals surface area contributed by atoms with Crippen LogP contribution in [-0.2, 0) is 4.79 Å². The number of rotatable bonds is 9. The number of aryl methyl sites for hydroxylation is 1. The Morgan fingerprint density at radius 3 is 2.51 bits per heavy atom. The Morgan fingerprint density at radius 1 is 1.06 bits per heavy atom. The van der Waals surface area contributed by atoms with E-state index in [4.69, 9.17) is 0 Å². The van der Waals surface area contributed by atoms with E-state index in [-0.39, 0.29) is 17.3 Å². The van der Waals surface area contributed by atoms with Crippen molar-refractivity contribution < 1.29 is 14.0 Å². The van der Waals surface area contributed by atoms with E-state index in [0.717, 1.165) is 19.4 Å². The lowest BCUT2D eigenvalue weighted by Gasteiger charge is -2.24. The molecule has 2 N–H and O–H groups in total. The summed E-state index contributed by atoms with van der Waals surface area (Å²) < 4.78 is 14.2. The van der Waals surface area contributed by atoms with Gasteiger partial charge in [0.25, 0.3) is 5.91 Å². The molecule has 0 aliphatic carbocycles. The van der Waals surface area contributed by atoms with Crippen molar-refractivity contribution in [1.82, 2.24) is 20.4 Å². The molecule has 4 rings (SSSR count). The summed E-state index contributed by atoms with van der Waals surface area (Å²) in [6.45, 7) is 7.25. The maximum absolute atomic E-state index is 14.2. The predicted octanol–water partition coefficient (Wildman–Crippen LogP) is 4.06. The fourth-order valence-electron chi connectivity index (χ4n) is 4.30. The second kappa shape index (κ2) is 11.2. The normalized spacial score (nSPS) is 13.7. The number of aromatic nitrogens is 2. The second-order valence-corrected chi connectivity index (χ2v) is 8.82. The number of halogens is 1. The summed E-state index contributed by atoms with van der Waals surface area (Å²) in [5, 5.41) is 12.8. The Labute approximate surface area is 204 Å². The standard InChI is InChI=1S/C26H31FN6O2/c1-18-24(22-8-7-9-23(27)25(22)30-29-18)31-33(19(2)34)21-12-10-20(11-13-21)26(35)28-14-3-4-15-32-16-5-6-17-32/h7-13H,3-6,14-17H2,1-2H3,(H,28,35)(H,30,31). The minimum atomic E-state index is -0.487. The van der Waals surface area contributed by atoms with Gasteiger partial charge in [0.2, 0.25) is 5.91 Å². The largest absolute Gasteiger partial charge is 0.352 e. The van der Waals surface area contributed by atoms with Gasteiger partial charge in [-0.1, -0.05) is 12.1 Å². The van der Waals surface area contributed by atoms with Gasteiger partial charge in [-0.15, -0.1) is 5.10 Å². The Kier molecular flexibility index (Phi) is 7.87. The molecule has 1 aliphatic heterocycles. The number of benzene rings is 2. The first kappa shape index (κ1) is 24.5. The average Bonchev–Trinajstić information content (AvgIpc) is 3.37. The number of likely N-dealkylation sites (tertiary alicyclic amines) is 1. The Bertz CT molecular complexity index is 1190. The molecule has 0 radical (unpaired) electrons. The monoisotopic (exact) mass is 478 g/mol. The van der Waals surface area contributed by atoms with Crippen LogP contribution < -0.4 is 15.8 Å². The smallest absolute Gasteiger partial charge is 0.251 e. The predicted molar refractivity (Wildman–Crippen MR) is 135 cm³/mol.